The van der Waals surface area contributed by atoms with Crippen molar-refractivity contribution in [2.75, 3.05) is 0 Å². The van der Waals surface area contributed by atoms with Crippen LogP contribution in [0.2, 0.25) is 0 Å². The Morgan fingerprint density at radius 3 is 2.70 bits per heavy atom. The number of rotatable bonds is 9. The third kappa shape index (κ3) is 7.28. The van der Waals surface area contributed by atoms with E-state index in [2.05, 4.69) is 19.2 Å². The Kier molecular flexibility index (Phi) is 8.92. The fourth-order valence-electron chi connectivity index (χ4n) is 3.32. The van der Waals surface area contributed by atoms with Gasteiger partial charge in [-0.05, 0) is 38.0 Å². The second-order valence-electron chi connectivity index (χ2n) is 6.53. The van der Waals surface area contributed by atoms with Gasteiger partial charge in [-0.3, -0.25) is 4.79 Å². The van der Waals surface area contributed by atoms with Crippen molar-refractivity contribution >= 4 is 5.91 Å². The van der Waals surface area contributed by atoms with Crippen LogP contribution in [0.5, 0.6) is 0 Å². The highest BCUT2D eigenvalue weighted by molar-refractivity contribution is 5.76. The zero-order valence-corrected chi connectivity index (χ0v) is 13.5. The predicted octanol–water partition coefficient (Wildman–Crippen LogP) is 3.76. The number of unbranched alkanes of at least 4 members (excludes halogenated alkanes) is 1. The molecule has 1 amide bonds. The first-order chi connectivity index (χ1) is 9.65. The van der Waals surface area contributed by atoms with E-state index >= 15 is 0 Å². The molecule has 1 saturated carbocycles. The first-order valence-corrected chi connectivity index (χ1v) is 8.70. The van der Waals surface area contributed by atoms with Gasteiger partial charge in [0.15, 0.2) is 0 Å². The Morgan fingerprint density at radius 2 is 2.05 bits per heavy atom. The summed E-state index contributed by atoms with van der Waals surface area (Å²) in [4.78, 5) is 12.1. The van der Waals surface area contributed by atoms with Crippen LogP contribution in [0.4, 0.5) is 0 Å². The lowest BCUT2D eigenvalue weighted by Gasteiger charge is -2.26. The summed E-state index contributed by atoms with van der Waals surface area (Å²) in [7, 11) is 0. The summed E-state index contributed by atoms with van der Waals surface area (Å²) >= 11 is 0. The third-order valence-corrected chi connectivity index (χ3v) is 4.51. The van der Waals surface area contributed by atoms with Crippen LogP contribution in [0.3, 0.4) is 0 Å². The molecule has 0 bridgehead atoms. The Hall–Kier alpha value is -0.570. The number of carbonyl (C=O) groups excluding carboxylic acids is 1. The molecule has 0 aromatic carbocycles. The minimum absolute atomic E-state index is 0.249. The molecule has 0 aromatic heterocycles. The van der Waals surface area contributed by atoms with Gasteiger partial charge < -0.3 is 11.1 Å². The topological polar surface area (TPSA) is 55.1 Å². The second-order valence-corrected chi connectivity index (χ2v) is 6.53. The van der Waals surface area contributed by atoms with E-state index in [1.54, 1.807) is 0 Å². The van der Waals surface area contributed by atoms with Crippen LogP contribution >= 0.6 is 0 Å². The van der Waals surface area contributed by atoms with Gasteiger partial charge in [-0.15, -0.1) is 0 Å². The minimum atomic E-state index is 0.249. The quantitative estimate of drug-likeness (QED) is 0.676. The number of hydrogen-bond acceptors (Lipinski definition) is 2. The van der Waals surface area contributed by atoms with Gasteiger partial charge >= 0.3 is 0 Å². The molecule has 3 heteroatoms. The smallest absolute Gasteiger partial charge is 0.220 e. The highest BCUT2D eigenvalue weighted by atomic mass is 16.1. The summed E-state index contributed by atoms with van der Waals surface area (Å²) in [5.41, 5.74) is 6.01. The summed E-state index contributed by atoms with van der Waals surface area (Å²) in [5, 5.41) is 3.23. The lowest BCUT2D eigenvalue weighted by atomic mass is 9.83. The van der Waals surface area contributed by atoms with Crippen molar-refractivity contribution in [3.8, 4) is 0 Å². The lowest BCUT2D eigenvalue weighted by molar-refractivity contribution is -0.122. The number of nitrogens with two attached hydrogens (primary N) is 1. The highest BCUT2D eigenvalue weighted by Gasteiger charge is 2.20. The van der Waals surface area contributed by atoms with Crippen molar-refractivity contribution < 1.29 is 4.79 Å². The van der Waals surface area contributed by atoms with Crippen molar-refractivity contribution in [1.29, 1.82) is 0 Å². The molecule has 0 heterocycles. The molecule has 1 aliphatic rings. The van der Waals surface area contributed by atoms with E-state index in [1.165, 1.54) is 25.7 Å². The van der Waals surface area contributed by atoms with E-state index in [-0.39, 0.29) is 5.91 Å². The molecule has 118 valence electrons. The van der Waals surface area contributed by atoms with E-state index in [4.69, 9.17) is 5.73 Å². The molecular weight excluding hydrogens is 248 g/mol. The van der Waals surface area contributed by atoms with Gasteiger partial charge in [-0.25, -0.2) is 0 Å². The summed E-state index contributed by atoms with van der Waals surface area (Å²) < 4.78 is 0. The summed E-state index contributed by atoms with van der Waals surface area (Å²) in [6.07, 6.45) is 12.3. The molecule has 0 saturated heterocycles. The van der Waals surface area contributed by atoms with E-state index < -0.39 is 0 Å². The second kappa shape index (κ2) is 10.2. The molecule has 1 rings (SSSR count). The predicted molar refractivity (Wildman–Crippen MR) is 85.5 cm³/mol. The Labute approximate surface area is 125 Å². The van der Waals surface area contributed by atoms with Gasteiger partial charge in [-0.1, -0.05) is 46.0 Å². The standard InChI is InChI=1S/C17H34N2O/c1-3-5-10-16(7-4-2)19-17(20)12-11-14-8-6-9-15(18)13-14/h14-16H,3-13,18H2,1-2H3,(H,19,20). The van der Waals surface area contributed by atoms with Gasteiger partial charge in [0.2, 0.25) is 5.91 Å². The minimum Gasteiger partial charge on any atom is -0.353 e. The molecule has 20 heavy (non-hydrogen) atoms. The number of amides is 1. The molecule has 3 atom stereocenters. The molecular formula is C17H34N2O. The van der Waals surface area contributed by atoms with Crippen LogP contribution in [0.15, 0.2) is 0 Å². The summed E-state index contributed by atoms with van der Waals surface area (Å²) in [6, 6.07) is 0.760. The SMILES string of the molecule is CCCCC(CCC)NC(=O)CCC1CCCC(N)C1. The fourth-order valence-corrected chi connectivity index (χ4v) is 3.32. The van der Waals surface area contributed by atoms with E-state index in [0.29, 0.717) is 24.4 Å². The van der Waals surface area contributed by atoms with Crippen molar-refractivity contribution in [1.82, 2.24) is 5.32 Å². The van der Waals surface area contributed by atoms with Crippen LogP contribution in [-0.4, -0.2) is 18.0 Å². The third-order valence-electron chi connectivity index (χ3n) is 4.51. The maximum atomic E-state index is 12.1. The fraction of sp³-hybridized carbons (Fsp3) is 0.941. The van der Waals surface area contributed by atoms with Crippen LogP contribution < -0.4 is 11.1 Å². The van der Waals surface area contributed by atoms with E-state index in [9.17, 15) is 4.79 Å². The lowest BCUT2D eigenvalue weighted by Crippen LogP contribution is -2.35. The Balaban J connectivity index is 2.22. The zero-order valence-electron chi connectivity index (χ0n) is 13.5. The Bertz CT molecular complexity index is 268. The Morgan fingerprint density at radius 1 is 1.25 bits per heavy atom. The summed E-state index contributed by atoms with van der Waals surface area (Å²) in [5.74, 6) is 0.920. The van der Waals surface area contributed by atoms with Crippen LogP contribution in [0.1, 0.15) is 84.5 Å². The average molecular weight is 282 g/mol. The van der Waals surface area contributed by atoms with Crippen molar-refractivity contribution in [2.24, 2.45) is 11.7 Å². The van der Waals surface area contributed by atoms with Crippen molar-refractivity contribution in [3.05, 3.63) is 0 Å². The zero-order chi connectivity index (χ0) is 14.8. The molecule has 0 spiro atoms. The van der Waals surface area contributed by atoms with Crippen LogP contribution in [0.25, 0.3) is 0 Å². The highest BCUT2D eigenvalue weighted by Crippen LogP contribution is 2.26. The first kappa shape index (κ1) is 17.5. The van der Waals surface area contributed by atoms with E-state index in [1.807, 2.05) is 0 Å². The number of hydrogen-bond donors (Lipinski definition) is 2. The molecule has 0 aliphatic heterocycles. The van der Waals surface area contributed by atoms with Gasteiger partial charge in [0.25, 0.3) is 0 Å². The van der Waals surface area contributed by atoms with Crippen LogP contribution in [-0.2, 0) is 4.79 Å². The molecule has 1 aliphatic carbocycles. The number of nitrogens with one attached hydrogen (secondary N) is 1. The van der Waals surface area contributed by atoms with Gasteiger partial charge in [-0.2, -0.15) is 0 Å². The monoisotopic (exact) mass is 282 g/mol. The molecule has 3 N–H and O–H groups in total. The molecule has 1 fully saturated rings. The maximum Gasteiger partial charge on any atom is 0.220 e. The van der Waals surface area contributed by atoms with Gasteiger partial charge in [0, 0.05) is 18.5 Å². The normalized spacial score (nSPS) is 24.4. The largest absolute Gasteiger partial charge is 0.353 e. The molecule has 3 unspecified atom stereocenters. The van der Waals surface area contributed by atoms with Crippen molar-refractivity contribution in [2.45, 2.75) is 96.6 Å². The van der Waals surface area contributed by atoms with Gasteiger partial charge in [0.05, 0.1) is 0 Å². The molecule has 0 radical (unpaired) electrons. The maximum absolute atomic E-state index is 12.1. The average Bonchev–Trinajstić information content (AvgIpc) is 2.43. The molecule has 0 aromatic rings. The van der Waals surface area contributed by atoms with Gasteiger partial charge in [0.1, 0.15) is 0 Å². The first-order valence-electron chi connectivity index (χ1n) is 8.70. The molecule has 3 nitrogen and oxygen atoms in total. The van der Waals surface area contributed by atoms with Crippen molar-refractivity contribution in [3.63, 3.8) is 0 Å². The van der Waals surface area contributed by atoms with E-state index in [0.717, 1.165) is 38.5 Å². The number of carbonyl (C=O) groups is 1. The van der Waals surface area contributed by atoms with Crippen LogP contribution in [0, 0.1) is 5.92 Å². The summed E-state index contributed by atoms with van der Waals surface area (Å²) in [6.45, 7) is 4.39.